The molecule has 1 amide bonds. The number of para-hydroxylation sites is 1. The van der Waals surface area contributed by atoms with Gasteiger partial charge >= 0.3 is 5.97 Å². The fraction of sp³-hybridized carbons (Fsp3) is 0.333. The van der Waals surface area contributed by atoms with Gasteiger partial charge in [0.2, 0.25) is 0 Å². The first-order chi connectivity index (χ1) is 10.6. The highest BCUT2D eigenvalue weighted by atomic mass is 79.9. The van der Waals surface area contributed by atoms with E-state index in [-0.39, 0.29) is 18.9 Å². The van der Waals surface area contributed by atoms with Crippen molar-refractivity contribution in [3.8, 4) is 0 Å². The number of halogens is 1. The molecule has 0 aliphatic carbocycles. The molecule has 7 heteroatoms. The normalized spacial score (nSPS) is 18.6. The number of carboxylic acids is 1. The molecule has 2 aromatic rings. The number of hydrogen-bond donors (Lipinski definition) is 2. The van der Waals surface area contributed by atoms with Crippen molar-refractivity contribution in [1.82, 2.24) is 9.88 Å². The van der Waals surface area contributed by atoms with Gasteiger partial charge in [0.05, 0.1) is 30.1 Å². The number of aromatic nitrogens is 1. The number of hydrogen-bond acceptors (Lipinski definition) is 3. The van der Waals surface area contributed by atoms with E-state index in [1.54, 1.807) is 4.90 Å². The zero-order valence-corrected chi connectivity index (χ0v) is 13.3. The molecule has 1 saturated heterocycles. The number of nitrogens with one attached hydrogen (secondary N) is 1. The van der Waals surface area contributed by atoms with E-state index in [1.165, 1.54) is 0 Å². The SMILES string of the molecule is O=C(O)CC1COCCN1C(=O)c1[nH]c2ccccc2c1Br. The van der Waals surface area contributed by atoms with Gasteiger partial charge in [-0.05, 0) is 22.0 Å². The average molecular weight is 367 g/mol. The third-order valence-corrected chi connectivity index (χ3v) is 4.58. The minimum absolute atomic E-state index is 0.121. The number of fused-ring (bicyclic) bond motifs is 1. The van der Waals surface area contributed by atoms with Crippen LogP contribution in [0.15, 0.2) is 28.7 Å². The topological polar surface area (TPSA) is 82.6 Å². The summed E-state index contributed by atoms with van der Waals surface area (Å²) in [5.41, 5.74) is 1.30. The Kier molecular flexibility index (Phi) is 4.17. The summed E-state index contributed by atoms with van der Waals surface area (Å²) in [6, 6.07) is 7.15. The quantitative estimate of drug-likeness (QED) is 0.872. The monoisotopic (exact) mass is 366 g/mol. The van der Waals surface area contributed by atoms with Crippen LogP contribution in [0.5, 0.6) is 0 Å². The van der Waals surface area contributed by atoms with Gasteiger partial charge in [0.1, 0.15) is 5.69 Å². The van der Waals surface area contributed by atoms with Crippen LogP contribution >= 0.6 is 15.9 Å². The molecule has 0 radical (unpaired) electrons. The maximum absolute atomic E-state index is 12.8. The summed E-state index contributed by atoms with van der Waals surface area (Å²) in [5, 5.41) is 9.92. The maximum atomic E-state index is 12.8. The number of morpholine rings is 1. The molecular weight excluding hydrogens is 352 g/mol. The van der Waals surface area contributed by atoms with Crippen molar-refractivity contribution in [3.05, 3.63) is 34.4 Å². The van der Waals surface area contributed by atoms with Gasteiger partial charge in [0.15, 0.2) is 0 Å². The molecule has 22 heavy (non-hydrogen) atoms. The molecule has 1 fully saturated rings. The molecule has 0 saturated carbocycles. The van der Waals surface area contributed by atoms with Gasteiger partial charge in [-0.25, -0.2) is 0 Å². The number of aromatic amines is 1. The minimum Gasteiger partial charge on any atom is -0.481 e. The molecular formula is C15H15BrN2O4. The van der Waals surface area contributed by atoms with Crippen LogP contribution in [0.2, 0.25) is 0 Å². The fourth-order valence-corrected chi connectivity index (χ4v) is 3.31. The van der Waals surface area contributed by atoms with Crippen molar-refractivity contribution in [2.45, 2.75) is 12.5 Å². The number of rotatable bonds is 3. The lowest BCUT2D eigenvalue weighted by atomic mass is 10.1. The second kappa shape index (κ2) is 6.10. The van der Waals surface area contributed by atoms with E-state index in [0.717, 1.165) is 10.9 Å². The number of carboxylic acid groups (broad SMARTS) is 1. The molecule has 1 aromatic carbocycles. The first kappa shape index (κ1) is 15.1. The molecule has 1 unspecified atom stereocenters. The second-order valence-electron chi connectivity index (χ2n) is 5.18. The van der Waals surface area contributed by atoms with Crippen molar-refractivity contribution in [3.63, 3.8) is 0 Å². The van der Waals surface area contributed by atoms with Crippen LogP contribution in [-0.2, 0) is 9.53 Å². The molecule has 6 nitrogen and oxygen atoms in total. The second-order valence-corrected chi connectivity index (χ2v) is 5.98. The van der Waals surface area contributed by atoms with Crippen molar-refractivity contribution in [2.75, 3.05) is 19.8 Å². The smallest absolute Gasteiger partial charge is 0.305 e. The number of carbonyl (C=O) groups excluding carboxylic acids is 1. The van der Waals surface area contributed by atoms with Gasteiger partial charge in [-0.15, -0.1) is 0 Å². The Hall–Kier alpha value is -1.86. The van der Waals surface area contributed by atoms with E-state index in [0.29, 0.717) is 23.3 Å². The summed E-state index contributed by atoms with van der Waals surface area (Å²) in [6.45, 7) is 1.05. The predicted octanol–water partition coefficient (Wildman–Crippen LogP) is 2.25. The van der Waals surface area contributed by atoms with E-state index in [2.05, 4.69) is 20.9 Å². The first-order valence-electron chi connectivity index (χ1n) is 6.94. The molecule has 0 bridgehead atoms. The molecule has 1 aliphatic rings. The number of ether oxygens (including phenoxy) is 1. The van der Waals surface area contributed by atoms with E-state index < -0.39 is 12.0 Å². The van der Waals surface area contributed by atoms with Crippen molar-refractivity contribution < 1.29 is 19.4 Å². The van der Waals surface area contributed by atoms with Crippen molar-refractivity contribution in [2.24, 2.45) is 0 Å². The lowest BCUT2D eigenvalue weighted by Gasteiger charge is -2.34. The Morgan fingerprint density at radius 3 is 2.91 bits per heavy atom. The summed E-state index contributed by atoms with van der Waals surface area (Å²) < 4.78 is 6.01. The summed E-state index contributed by atoms with van der Waals surface area (Å²) >= 11 is 3.46. The summed E-state index contributed by atoms with van der Waals surface area (Å²) in [5.74, 6) is -1.15. The Morgan fingerprint density at radius 2 is 2.18 bits per heavy atom. The Bertz CT molecular complexity index is 727. The first-order valence-corrected chi connectivity index (χ1v) is 7.74. The third kappa shape index (κ3) is 2.74. The fourth-order valence-electron chi connectivity index (χ4n) is 2.69. The number of amides is 1. The van der Waals surface area contributed by atoms with Crippen LogP contribution in [0.25, 0.3) is 10.9 Å². The van der Waals surface area contributed by atoms with E-state index in [4.69, 9.17) is 9.84 Å². The van der Waals surface area contributed by atoms with Gasteiger partial charge in [-0.2, -0.15) is 0 Å². The van der Waals surface area contributed by atoms with E-state index >= 15 is 0 Å². The zero-order valence-electron chi connectivity index (χ0n) is 11.7. The molecule has 3 rings (SSSR count). The molecule has 116 valence electrons. The average Bonchev–Trinajstić information content (AvgIpc) is 2.84. The van der Waals surface area contributed by atoms with Crippen molar-refractivity contribution in [1.29, 1.82) is 0 Å². The highest BCUT2D eigenvalue weighted by Gasteiger charge is 2.31. The third-order valence-electron chi connectivity index (χ3n) is 3.76. The molecule has 0 spiro atoms. The molecule has 1 aliphatic heterocycles. The molecule has 1 aromatic heterocycles. The summed E-state index contributed by atoms with van der Waals surface area (Å²) in [6.07, 6.45) is -0.121. The lowest BCUT2D eigenvalue weighted by molar-refractivity contribution is -0.139. The van der Waals surface area contributed by atoms with Crippen LogP contribution < -0.4 is 0 Å². The van der Waals surface area contributed by atoms with Crippen molar-refractivity contribution >= 4 is 38.7 Å². The number of benzene rings is 1. The van der Waals surface area contributed by atoms with Crippen LogP contribution in [0.1, 0.15) is 16.9 Å². The van der Waals surface area contributed by atoms with Gasteiger partial charge in [-0.3, -0.25) is 9.59 Å². The molecule has 1 atom stereocenters. The van der Waals surface area contributed by atoms with Gasteiger partial charge < -0.3 is 19.7 Å². The molecule has 2 N–H and O–H groups in total. The number of aliphatic carboxylic acids is 1. The van der Waals surface area contributed by atoms with Gasteiger partial charge in [0.25, 0.3) is 5.91 Å². The largest absolute Gasteiger partial charge is 0.481 e. The number of nitrogens with zero attached hydrogens (tertiary/aromatic N) is 1. The summed E-state index contributed by atoms with van der Waals surface area (Å²) in [4.78, 5) is 28.5. The zero-order chi connectivity index (χ0) is 15.7. The van der Waals surface area contributed by atoms with E-state index in [1.807, 2.05) is 24.3 Å². The Balaban J connectivity index is 1.93. The van der Waals surface area contributed by atoms with Crippen LogP contribution in [0.4, 0.5) is 0 Å². The van der Waals surface area contributed by atoms with Gasteiger partial charge in [-0.1, -0.05) is 18.2 Å². The van der Waals surface area contributed by atoms with Gasteiger partial charge in [0, 0.05) is 17.4 Å². The van der Waals surface area contributed by atoms with E-state index in [9.17, 15) is 9.59 Å². The number of carbonyl (C=O) groups is 2. The molecule has 2 heterocycles. The minimum atomic E-state index is -0.941. The highest BCUT2D eigenvalue weighted by molar-refractivity contribution is 9.10. The standard InChI is InChI=1S/C15H15BrN2O4/c16-13-10-3-1-2-4-11(10)17-14(13)15(21)18-5-6-22-8-9(18)7-12(19)20/h1-4,9,17H,5-8H2,(H,19,20). The Morgan fingerprint density at radius 1 is 1.41 bits per heavy atom. The van der Waals surface area contributed by atoms with Crippen LogP contribution in [-0.4, -0.2) is 52.7 Å². The summed E-state index contributed by atoms with van der Waals surface area (Å²) in [7, 11) is 0. The maximum Gasteiger partial charge on any atom is 0.305 e. The predicted molar refractivity (Wildman–Crippen MR) is 83.9 cm³/mol. The highest BCUT2D eigenvalue weighted by Crippen LogP contribution is 2.29. The van der Waals surface area contributed by atoms with Crippen LogP contribution in [0, 0.1) is 0 Å². The Labute approximate surface area is 135 Å². The number of H-pyrrole nitrogens is 1. The lowest BCUT2D eigenvalue weighted by Crippen LogP contribution is -2.49. The van der Waals surface area contributed by atoms with Crippen LogP contribution in [0.3, 0.4) is 0 Å².